The van der Waals surface area contributed by atoms with Gasteiger partial charge in [0.2, 0.25) is 0 Å². The SMILES string of the molecule is Cc1cccnc1CCN(CCCCN)Cc1ncccc1Br. The van der Waals surface area contributed by atoms with Gasteiger partial charge in [0.1, 0.15) is 0 Å². The maximum Gasteiger partial charge on any atom is 0.0685 e. The first-order valence-electron chi connectivity index (χ1n) is 8.13. The lowest BCUT2D eigenvalue weighted by Gasteiger charge is -2.22. The number of aromatic nitrogens is 2. The highest BCUT2D eigenvalue weighted by Gasteiger charge is 2.10. The fourth-order valence-electron chi connectivity index (χ4n) is 2.54. The summed E-state index contributed by atoms with van der Waals surface area (Å²) in [4.78, 5) is 11.4. The van der Waals surface area contributed by atoms with Crippen molar-refractivity contribution in [3.63, 3.8) is 0 Å². The maximum atomic E-state index is 5.63. The van der Waals surface area contributed by atoms with Crippen LogP contribution in [-0.4, -0.2) is 34.5 Å². The van der Waals surface area contributed by atoms with Crippen molar-refractivity contribution < 1.29 is 0 Å². The number of pyridine rings is 2. The average Bonchev–Trinajstić information content (AvgIpc) is 2.56. The second-order valence-electron chi connectivity index (χ2n) is 5.72. The summed E-state index contributed by atoms with van der Waals surface area (Å²) < 4.78 is 1.07. The third kappa shape index (κ3) is 6.01. The molecule has 0 amide bonds. The lowest BCUT2D eigenvalue weighted by Crippen LogP contribution is -2.28. The first-order chi connectivity index (χ1) is 11.2. The molecule has 0 aliphatic heterocycles. The van der Waals surface area contributed by atoms with Crippen molar-refractivity contribution in [3.05, 3.63) is 58.1 Å². The highest BCUT2D eigenvalue weighted by Crippen LogP contribution is 2.16. The highest BCUT2D eigenvalue weighted by atomic mass is 79.9. The van der Waals surface area contributed by atoms with Gasteiger partial charge in [-0.3, -0.25) is 14.9 Å². The van der Waals surface area contributed by atoms with E-state index >= 15 is 0 Å². The molecule has 0 bridgehead atoms. The molecule has 23 heavy (non-hydrogen) atoms. The number of rotatable bonds is 9. The molecular formula is C18H25BrN4. The maximum absolute atomic E-state index is 5.63. The number of unbranched alkanes of at least 4 members (excludes halogenated alkanes) is 1. The van der Waals surface area contributed by atoms with E-state index in [9.17, 15) is 0 Å². The Bertz CT molecular complexity index is 603. The van der Waals surface area contributed by atoms with Gasteiger partial charge in [-0.25, -0.2) is 0 Å². The lowest BCUT2D eigenvalue weighted by molar-refractivity contribution is 0.259. The van der Waals surface area contributed by atoms with Crippen LogP contribution in [0.2, 0.25) is 0 Å². The lowest BCUT2D eigenvalue weighted by atomic mass is 10.1. The van der Waals surface area contributed by atoms with Crippen LogP contribution in [0.3, 0.4) is 0 Å². The van der Waals surface area contributed by atoms with Gasteiger partial charge in [0.15, 0.2) is 0 Å². The van der Waals surface area contributed by atoms with Gasteiger partial charge in [0, 0.05) is 42.1 Å². The van der Waals surface area contributed by atoms with E-state index in [-0.39, 0.29) is 0 Å². The molecule has 0 spiro atoms. The number of aryl methyl sites for hydroxylation is 1. The van der Waals surface area contributed by atoms with Gasteiger partial charge in [0.05, 0.1) is 5.69 Å². The third-order valence-electron chi connectivity index (χ3n) is 3.92. The molecule has 0 radical (unpaired) electrons. The van der Waals surface area contributed by atoms with Crippen LogP contribution >= 0.6 is 15.9 Å². The van der Waals surface area contributed by atoms with Gasteiger partial charge < -0.3 is 5.73 Å². The Morgan fingerprint density at radius 2 is 1.78 bits per heavy atom. The summed E-state index contributed by atoms with van der Waals surface area (Å²) in [6.07, 6.45) is 6.85. The van der Waals surface area contributed by atoms with E-state index in [1.54, 1.807) is 0 Å². The fraction of sp³-hybridized carbons (Fsp3) is 0.444. The van der Waals surface area contributed by atoms with E-state index in [1.165, 1.54) is 11.3 Å². The topological polar surface area (TPSA) is 55.0 Å². The largest absolute Gasteiger partial charge is 0.330 e. The Morgan fingerprint density at radius 3 is 2.48 bits per heavy atom. The van der Waals surface area contributed by atoms with E-state index in [4.69, 9.17) is 5.73 Å². The van der Waals surface area contributed by atoms with Gasteiger partial charge in [0.25, 0.3) is 0 Å². The molecule has 2 heterocycles. The third-order valence-corrected chi connectivity index (χ3v) is 4.64. The van der Waals surface area contributed by atoms with Gasteiger partial charge in [-0.2, -0.15) is 0 Å². The summed E-state index contributed by atoms with van der Waals surface area (Å²) in [5.41, 5.74) is 9.14. The molecule has 2 aromatic heterocycles. The van der Waals surface area contributed by atoms with Crippen molar-refractivity contribution in [2.24, 2.45) is 5.73 Å². The number of hydrogen-bond donors (Lipinski definition) is 1. The van der Waals surface area contributed by atoms with Crippen LogP contribution in [0.15, 0.2) is 41.1 Å². The predicted molar refractivity (Wildman–Crippen MR) is 98.2 cm³/mol. The number of hydrogen-bond acceptors (Lipinski definition) is 4. The van der Waals surface area contributed by atoms with Gasteiger partial charge in [-0.1, -0.05) is 6.07 Å². The average molecular weight is 377 g/mol. The zero-order chi connectivity index (χ0) is 16.5. The molecule has 4 nitrogen and oxygen atoms in total. The van der Waals surface area contributed by atoms with Crippen molar-refractivity contribution in [2.45, 2.75) is 32.7 Å². The zero-order valence-electron chi connectivity index (χ0n) is 13.7. The number of nitrogens with two attached hydrogens (primary N) is 1. The van der Waals surface area contributed by atoms with Crippen LogP contribution in [0.25, 0.3) is 0 Å². The van der Waals surface area contributed by atoms with E-state index in [1.807, 2.05) is 30.6 Å². The summed E-state index contributed by atoms with van der Waals surface area (Å²) in [5, 5.41) is 0. The fourth-order valence-corrected chi connectivity index (χ4v) is 2.92. The molecule has 0 saturated carbocycles. The van der Waals surface area contributed by atoms with Crippen LogP contribution in [-0.2, 0) is 13.0 Å². The van der Waals surface area contributed by atoms with Gasteiger partial charge in [-0.15, -0.1) is 0 Å². The summed E-state index contributed by atoms with van der Waals surface area (Å²) >= 11 is 3.59. The molecule has 0 fully saturated rings. The molecule has 0 unspecified atom stereocenters. The van der Waals surface area contributed by atoms with E-state index < -0.39 is 0 Å². The van der Waals surface area contributed by atoms with Gasteiger partial charge >= 0.3 is 0 Å². The molecule has 124 valence electrons. The molecule has 0 saturated heterocycles. The van der Waals surface area contributed by atoms with Crippen LogP contribution in [0.4, 0.5) is 0 Å². The monoisotopic (exact) mass is 376 g/mol. The van der Waals surface area contributed by atoms with E-state index in [0.717, 1.165) is 55.6 Å². The summed E-state index contributed by atoms with van der Waals surface area (Å²) in [6, 6.07) is 8.10. The Balaban J connectivity index is 1.99. The quantitative estimate of drug-likeness (QED) is 0.681. The van der Waals surface area contributed by atoms with E-state index in [0.29, 0.717) is 0 Å². The predicted octanol–water partition coefficient (Wildman–Crippen LogP) is 3.33. The van der Waals surface area contributed by atoms with Crippen molar-refractivity contribution in [1.29, 1.82) is 0 Å². The molecule has 0 atom stereocenters. The minimum absolute atomic E-state index is 0.750. The Morgan fingerprint density at radius 1 is 1.04 bits per heavy atom. The summed E-state index contributed by atoms with van der Waals surface area (Å²) in [7, 11) is 0. The number of halogens is 1. The normalized spacial score (nSPS) is 11.1. The molecule has 2 N–H and O–H groups in total. The molecule has 5 heteroatoms. The van der Waals surface area contributed by atoms with Crippen molar-refractivity contribution in [1.82, 2.24) is 14.9 Å². The number of nitrogens with zero attached hydrogens (tertiary/aromatic N) is 3. The minimum Gasteiger partial charge on any atom is -0.330 e. The van der Waals surface area contributed by atoms with Gasteiger partial charge in [-0.05, 0) is 72.5 Å². The van der Waals surface area contributed by atoms with Crippen LogP contribution in [0.1, 0.15) is 29.8 Å². The van der Waals surface area contributed by atoms with Crippen molar-refractivity contribution in [3.8, 4) is 0 Å². The molecule has 0 aliphatic carbocycles. The van der Waals surface area contributed by atoms with Crippen LogP contribution in [0, 0.1) is 6.92 Å². The molecule has 2 rings (SSSR count). The Hall–Kier alpha value is -1.30. The van der Waals surface area contributed by atoms with Crippen LogP contribution < -0.4 is 5.73 Å². The Labute approximate surface area is 147 Å². The molecule has 2 aromatic rings. The zero-order valence-corrected chi connectivity index (χ0v) is 15.3. The van der Waals surface area contributed by atoms with E-state index in [2.05, 4.69) is 43.8 Å². The standard InChI is InChI=1S/C18H25BrN4/c1-15-6-4-10-21-17(15)8-13-23(12-3-2-9-20)14-18-16(19)7-5-11-22-18/h4-7,10-11H,2-3,8-9,12-14,20H2,1H3. The molecule has 0 aromatic carbocycles. The van der Waals surface area contributed by atoms with Crippen molar-refractivity contribution in [2.75, 3.05) is 19.6 Å². The van der Waals surface area contributed by atoms with Crippen LogP contribution in [0.5, 0.6) is 0 Å². The van der Waals surface area contributed by atoms with Crippen molar-refractivity contribution >= 4 is 15.9 Å². The first-order valence-corrected chi connectivity index (χ1v) is 8.92. The minimum atomic E-state index is 0.750. The summed E-state index contributed by atoms with van der Waals surface area (Å²) in [5.74, 6) is 0. The smallest absolute Gasteiger partial charge is 0.0685 e. The highest BCUT2D eigenvalue weighted by molar-refractivity contribution is 9.10. The molecule has 0 aliphatic rings. The second-order valence-corrected chi connectivity index (χ2v) is 6.58. The second kappa shape index (κ2) is 9.75. The first kappa shape index (κ1) is 18.0. The Kier molecular flexibility index (Phi) is 7.65. The molecular weight excluding hydrogens is 352 g/mol. The summed E-state index contributed by atoms with van der Waals surface area (Å²) in [6.45, 7) is 5.73.